The molecule has 2 aromatic rings. The van der Waals surface area contributed by atoms with Crippen LogP contribution in [0.4, 0.5) is 10.1 Å². The van der Waals surface area contributed by atoms with Crippen LogP contribution in [0.15, 0.2) is 47.4 Å². The fraction of sp³-hybridized carbons (Fsp3) is 0.263. The van der Waals surface area contributed by atoms with Crippen LogP contribution in [0.3, 0.4) is 0 Å². The summed E-state index contributed by atoms with van der Waals surface area (Å²) in [7, 11) is 1.65. The number of anilines is 1. The van der Waals surface area contributed by atoms with E-state index in [1.54, 1.807) is 37.4 Å². The summed E-state index contributed by atoms with van der Waals surface area (Å²) in [5.74, 6) is -0.531. The maximum Gasteiger partial charge on any atom is 0.253 e. The first kappa shape index (κ1) is 18.3. The predicted molar refractivity (Wildman–Crippen MR) is 99.2 cm³/mol. The molecule has 5 nitrogen and oxygen atoms in total. The van der Waals surface area contributed by atoms with Gasteiger partial charge in [-0.15, -0.1) is 11.8 Å². The molecule has 1 aliphatic heterocycles. The molecule has 2 aromatic carbocycles. The number of rotatable bonds is 5. The van der Waals surface area contributed by atoms with E-state index in [4.69, 9.17) is 4.74 Å². The number of carbonyl (C=O) groups excluding carboxylic acids is 2. The zero-order chi connectivity index (χ0) is 18.7. The lowest BCUT2D eigenvalue weighted by Crippen LogP contribution is -2.31. The van der Waals surface area contributed by atoms with Gasteiger partial charge in [-0.05, 0) is 37.3 Å². The smallest absolute Gasteiger partial charge is 0.253 e. The van der Waals surface area contributed by atoms with Crippen molar-refractivity contribution in [2.75, 3.05) is 25.5 Å². The van der Waals surface area contributed by atoms with Gasteiger partial charge in [-0.3, -0.25) is 9.59 Å². The zero-order valence-electron chi connectivity index (χ0n) is 14.5. The second-order valence-corrected chi connectivity index (χ2v) is 7.35. The molecule has 136 valence electrons. The third-order valence-electron chi connectivity index (χ3n) is 4.02. The highest BCUT2D eigenvalue weighted by Gasteiger charge is 2.24. The number of hydrogen-bond donors (Lipinski definition) is 1. The average Bonchev–Trinajstić information content (AvgIpc) is 2.63. The molecule has 7 heteroatoms. The molecule has 1 N–H and O–H groups in total. The van der Waals surface area contributed by atoms with Crippen molar-refractivity contribution in [2.45, 2.75) is 17.1 Å². The van der Waals surface area contributed by atoms with Crippen LogP contribution in [-0.2, 0) is 4.79 Å². The molecule has 1 aliphatic rings. The first-order chi connectivity index (χ1) is 12.5. The van der Waals surface area contributed by atoms with E-state index in [-0.39, 0.29) is 29.4 Å². The number of thioether (sulfide) groups is 1. The fourth-order valence-corrected chi connectivity index (χ4v) is 3.45. The Hall–Kier alpha value is -2.54. The van der Waals surface area contributed by atoms with Gasteiger partial charge in [-0.25, -0.2) is 4.39 Å². The highest BCUT2D eigenvalue weighted by atomic mass is 32.2. The first-order valence-corrected chi connectivity index (χ1v) is 9.08. The SMILES string of the molecule is C[C@H]1Sc2ccc(C(=O)N(C)CCOc3ccccc3F)cc2NC1=O. The van der Waals surface area contributed by atoms with Crippen molar-refractivity contribution in [1.29, 1.82) is 0 Å². The van der Waals surface area contributed by atoms with Crippen LogP contribution in [-0.4, -0.2) is 42.2 Å². The molecule has 0 spiro atoms. The van der Waals surface area contributed by atoms with Crippen molar-refractivity contribution in [3.8, 4) is 5.75 Å². The number of halogens is 1. The summed E-state index contributed by atoms with van der Waals surface area (Å²) in [6.07, 6.45) is 0. The Morgan fingerprint density at radius 1 is 1.31 bits per heavy atom. The third-order valence-corrected chi connectivity index (χ3v) is 5.20. The lowest BCUT2D eigenvalue weighted by Gasteiger charge is -2.23. The number of para-hydroxylation sites is 1. The van der Waals surface area contributed by atoms with Gasteiger partial charge in [0.1, 0.15) is 6.61 Å². The summed E-state index contributed by atoms with van der Waals surface area (Å²) >= 11 is 1.47. The molecule has 0 saturated carbocycles. The Morgan fingerprint density at radius 3 is 2.85 bits per heavy atom. The van der Waals surface area contributed by atoms with Gasteiger partial charge in [0.05, 0.1) is 17.5 Å². The van der Waals surface area contributed by atoms with Crippen molar-refractivity contribution in [3.63, 3.8) is 0 Å². The number of benzene rings is 2. The Bertz CT molecular complexity index is 843. The molecule has 1 atom stereocenters. The van der Waals surface area contributed by atoms with Crippen LogP contribution in [0.1, 0.15) is 17.3 Å². The number of carbonyl (C=O) groups is 2. The Labute approximate surface area is 155 Å². The number of likely N-dealkylation sites (N-methyl/N-ethyl adjacent to an activating group) is 1. The summed E-state index contributed by atoms with van der Waals surface area (Å²) in [5.41, 5.74) is 1.13. The Balaban J connectivity index is 1.61. The number of hydrogen-bond acceptors (Lipinski definition) is 4. The molecule has 1 heterocycles. The van der Waals surface area contributed by atoms with Crippen LogP contribution in [0.5, 0.6) is 5.75 Å². The molecular weight excluding hydrogens is 355 g/mol. The van der Waals surface area contributed by atoms with E-state index >= 15 is 0 Å². The van der Waals surface area contributed by atoms with E-state index < -0.39 is 5.82 Å². The minimum absolute atomic E-state index is 0.0706. The van der Waals surface area contributed by atoms with Crippen molar-refractivity contribution >= 4 is 29.3 Å². The standard InChI is InChI=1S/C19H19FN2O3S/c1-12-18(23)21-15-11-13(7-8-17(15)26-12)19(24)22(2)9-10-25-16-6-4-3-5-14(16)20/h3-8,11-12H,9-10H2,1-2H3,(H,21,23)/t12-/m1/s1. The molecule has 26 heavy (non-hydrogen) atoms. The molecule has 2 amide bonds. The van der Waals surface area contributed by atoms with Crippen LogP contribution in [0.25, 0.3) is 0 Å². The van der Waals surface area contributed by atoms with Crippen LogP contribution in [0.2, 0.25) is 0 Å². The van der Waals surface area contributed by atoms with Gasteiger partial charge in [0, 0.05) is 17.5 Å². The van der Waals surface area contributed by atoms with Gasteiger partial charge in [0.15, 0.2) is 11.6 Å². The molecule has 0 saturated heterocycles. The van der Waals surface area contributed by atoms with E-state index in [0.717, 1.165) is 4.90 Å². The van der Waals surface area contributed by atoms with Crippen LogP contribution < -0.4 is 10.1 Å². The van der Waals surface area contributed by atoms with Crippen molar-refractivity contribution in [1.82, 2.24) is 4.90 Å². The Morgan fingerprint density at radius 2 is 2.08 bits per heavy atom. The molecule has 3 rings (SSSR count). The number of nitrogens with one attached hydrogen (secondary N) is 1. The van der Waals surface area contributed by atoms with E-state index in [0.29, 0.717) is 17.8 Å². The van der Waals surface area contributed by atoms with Gasteiger partial charge in [0.2, 0.25) is 5.91 Å². The maximum atomic E-state index is 13.5. The molecule has 0 bridgehead atoms. The van der Waals surface area contributed by atoms with E-state index in [9.17, 15) is 14.0 Å². The summed E-state index contributed by atoms with van der Waals surface area (Å²) in [6, 6.07) is 11.4. The van der Waals surface area contributed by atoms with E-state index in [1.807, 2.05) is 13.0 Å². The number of ether oxygens (including phenoxy) is 1. The van der Waals surface area contributed by atoms with E-state index in [2.05, 4.69) is 5.32 Å². The first-order valence-electron chi connectivity index (χ1n) is 8.20. The lowest BCUT2D eigenvalue weighted by atomic mass is 10.1. The predicted octanol–water partition coefficient (Wildman–Crippen LogP) is 3.41. The normalized spacial score (nSPS) is 15.8. The maximum absolute atomic E-state index is 13.5. The van der Waals surface area contributed by atoms with Gasteiger partial charge in [0.25, 0.3) is 5.91 Å². The largest absolute Gasteiger partial charge is 0.489 e. The average molecular weight is 374 g/mol. The van der Waals surface area contributed by atoms with Gasteiger partial charge in [-0.1, -0.05) is 12.1 Å². The van der Waals surface area contributed by atoms with E-state index in [1.165, 1.54) is 22.7 Å². The highest BCUT2D eigenvalue weighted by Crippen LogP contribution is 2.36. The third kappa shape index (κ3) is 3.99. The van der Waals surface area contributed by atoms with Crippen molar-refractivity contribution in [2.24, 2.45) is 0 Å². The number of amides is 2. The lowest BCUT2D eigenvalue weighted by molar-refractivity contribution is -0.115. The highest BCUT2D eigenvalue weighted by molar-refractivity contribution is 8.00. The number of nitrogens with zero attached hydrogens (tertiary/aromatic N) is 1. The molecule has 0 unspecified atom stereocenters. The summed E-state index contributed by atoms with van der Waals surface area (Å²) < 4.78 is 18.9. The van der Waals surface area contributed by atoms with Crippen molar-refractivity contribution in [3.05, 3.63) is 53.8 Å². The molecule has 0 aromatic heterocycles. The van der Waals surface area contributed by atoms with Crippen molar-refractivity contribution < 1.29 is 18.7 Å². The van der Waals surface area contributed by atoms with Gasteiger partial charge >= 0.3 is 0 Å². The molecule has 0 fully saturated rings. The zero-order valence-corrected chi connectivity index (χ0v) is 15.3. The second-order valence-electron chi connectivity index (χ2n) is 5.97. The summed E-state index contributed by atoms with van der Waals surface area (Å²) in [4.78, 5) is 26.8. The minimum atomic E-state index is -0.432. The quantitative estimate of drug-likeness (QED) is 0.871. The summed E-state index contributed by atoms with van der Waals surface area (Å²) in [5, 5.41) is 2.67. The molecule has 0 radical (unpaired) electrons. The van der Waals surface area contributed by atoms with Crippen LogP contribution in [0, 0.1) is 5.82 Å². The topological polar surface area (TPSA) is 58.6 Å². The second kappa shape index (κ2) is 7.78. The molecule has 0 aliphatic carbocycles. The van der Waals surface area contributed by atoms with Crippen LogP contribution >= 0.6 is 11.8 Å². The summed E-state index contributed by atoms with van der Waals surface area (Å²) in [6.45, 7) is 2.33. The number of fused-ring (bicyclic) bond motifs is 1. The van der Waals surface area contributed by atoms with Gasteiger partial charge < -0.3 is 15.0 Å². The molecular formula is C19H19FN2O3S. The fourth-order valence-electron chi connectivity index (χ4n) is 2.52. The minimum Gasteiger partial charge on any atom is -0.489 e. The monoisotopic (exact) mass is 374 g/mol. The van der Waals surface area contributed by atoms with Gasteiger partial charge in [-0.2, -0.15) is 0 Å². The Kier molecular flexibility index (Phi) is 5.46.